The van der Waals surface area contributed by atoms with Gasteiger partial charge in [-0.3, -0.25) is 9.59 Å². The summed E-state index contributed by atoms with van der Waals surface area (Å²) < 4.78 is 10.7. The van der Waals surface area contributed by atoms with E-state index in [1.165, 1.54) is 18.3 Å². The summed E-state index contributed by atoms with van der Waals surface area (Å²) in [6, 6.07) is 5.56. The maximum absolute atomic E-state index is 12.4. The fourth-order valence-corrected chi connectivity index (χ4v) is 3.03. The van der Waals surface area contributed by atoms with Crippen molar-refractivity contribution in [3.63, 3.8) is 0 Å². The highest BCUT2D eigenvalue weighted by atomic mass is 32.1. The normalized spacial score (nSPS) is 12.8. The van der Waals surface area contributed by atoms with E-state index in [-0.39, 0.29) is 24.3 Å². The third-order valence-electron chi connectivity index (χ3n) is 3.54. The average molecular weight is 347 g/mol. The molecule has 0 spiro atoms. The quantitative estimate of drug-likeness (QED) is 0.887. The number of carbonyl (C=O) groups is 2. The van der Waals surface area contributed by atoms with Crippen LogP contribution in [0.2, 0.25) is 0 Å². The zero-order valence-electron chi connectivity index (χ0n) is 13.5. The summed E-state index contributed by atoms with van der Waals surface area (Å²) in [6.45, 7) is 5.38. The van der Waals surface area contributed by atoms with Gasteiger partial charge < -0.3 is 20.1 Å². The maximum atomic E-state index is 12.4. The molecule has 0 radical (unpaired) electrons. The van der Waals surface area contributed by atoms with Gasteiger partial charge in [-0.15, -0.1) is 11.3 Å². The van der Waals surface area contributed by atoms with Crippen LogP contribution in [0.3, 0.4) is 0 Å². The predicted octanol–water partition coefficient (Wildman–Crippen LogP) is 2.50. The van der Waals surface area contributed by atoms with Crippen molar-refractivity contribution >= 4 is 28.3 Å². The molecule has 0 aliphatic carbocycles. The van der Waals surface area contributed by atoms with Gasteiger partial charge in [0, 0.05) is 12.3 Å². The predicted molar refractivity (Wildman–Crippen MR) is 89.5 cm³/mol. The second kappa shape index (κ2) is 6.12. The van der Waals surface area contributed by atoms with Gasteiger partial charge in [0.15, 0.2) is 16.6 Å². The summed E-state index contributed by atoms with van der Waals surface area (Å²) in [5, 5.41) is 7.51. The lowest BCUT2D eigenvalue weighted by molar-refractivity contribution is -0.114. The van der Waals surface area contributed by atoms with Gasteiger partial charge >= 0.3 is 0 Å². The number of amides is 2. The van der Waals surface area contributed by atoms with E-state index < -0.39 is 5.54 Å². The first-order valence-corrected chi connectivity index (χ1v) is 8.19. The Kier molecular flexibility index (Phi) is 4.15. The van der Waals surface area contributed by atoms with Crippen LogP contribution in [0.25, 0.3) is 0 Å². The number of anilines is 1. The van der Waals surface area contributed by atoms with E-state index in [9.17, 15) is 9.59 Å². The molecule has 1 aliphatic rings. The number of nitrogens with one attached hydrogen (secondary N) is 2. The SMILES string of the molecule is CC(=O)Nc1nc(C(=O)NC(C)(C)c2ccc3c(c2)OCO3)cs1. The first-order chi connectivity index (χ1) is 11.3. The second-order valence-corrected chi connectivity index (χ2v) is 6.72. The Hall–Kier alpha value is -2.61. The highest BCUT2D eigenvalue weighted by molar-refractivity contribution is 7.14. The summed E-state index contributed by atoms with van der Waals surface area (Å²) in [6.07, 6.45) is 0. The molecule has 1 aliphatic heterocycles. The van der Waals surface area contributed by atoms with Gasteiger partial charge in [-0.2, -0.15) is 0 Å². The van der Waals surface area contributed by atoms with Crippen LogP contribution in [0, 0.1) is 0 Å². The van der Waals surface area contributed by atoms with E-state index >= 15 is 0 Å². The van der Waals surface area contributed by atoms with E-state index in [0.717, 1.165) is 5.56 Å². The highest BCUT2D eigenvalue weighted by Gasteiger charge is 2.27. The molecule has 2 amide bonds. The molecule has 0 fully saturated rings. The van der Waals surface area contributed by atoms with Gasteiger partial charge in [-0.05, 0) is 31.5 Å². The first-order valence-electron chi connectivity index (χ1n) is 7.31. The summed E-state index contributed by atoms with van der Waals surface area (Å²) >= 11 is 1.20. The minimum atomic E-state index is -0.629. The molecule has 2 heterocycles. The van der Waals surface area contributed by atoms with Crippen LogP contribution < -0.4 is 20.1 Å². The monoisotopic (exact) mass is 347 g/mol. The van der Waals surface area contributed by atoms with E-state index in [1.807, 2.05) is 32.0 Å². The second-order valence-electron chi connectivity index (χ2n) is 5.87. The minimum Gasteiger partial charge on any atom is -0.454 e. The number of aromatic nitrogens is 1. The first kappa shape index (κ1) is 16.3. The number of thiazole rings is 1. The van der Waals surface area contributed by atoms with E-state index in [1.54, 1.807) is 5.38 Å². The molecule has 3 rings (SSSR count). The largest absolute Gasteiger partial charge is 0.454 e. The maximum Gasteiger partial charge on any atom is 0.271 e. The minimum absolute atomic E-state index is 0.205. The molecule has 8 heteroatoms. The zero-order chi connectivity index (χ0) is 17.3. The van der Waals surface area contributed by atoms with Crippen LogP contribution in [0.5, 0.6) is 11.5 Å². The molecular weight excluding hydrogens is 330 g/mol. The Labute approximate surface area is 143 Å². The Balaban J connectivity index is 1.75. The summed E-state index contributed by atoms with van der Waals surface area (Å²) in [5.74, 6) is 0.819. The van der Waals surface area contributed by atoms with E-state index in [2.05, 4.69) is 15.6 Å². The number of nitrogens with zero attached hydrogens (tertiary/aromatic N) is 1. The highest BCUT2D eigenvalue weighted by Crippen LogP contribution is 2.35. The molecular formula is C16H17N3O4S. The van der Waals surface area contributed by atoms with Crippen molar-refractivity contribution < 1.29 is 19.1 Å². The lowest BCUT2D eigenvalue weighted by atomic mass is 9.93. The van der Waals surface area contributed by atoms with Crippen molar-refractivity contribution in [3.8, 4) is 11.5 Å². The van der Waals surface area contributed by atoms with Gasteiger partial charge in [-0.25, -0.2) is 4.98 Å². The average Bonchev–Trinajstić information content (AvgIpc) is 3.13. The van der Waals surface area contributed by atoms with Gasteiger partial charge in [0.1, 0.15) is 5.69 Å². The molecule has 0 saturated carbocycles. The lowest BCUT2D eigenvalue weighted by Crippen LogP contribution is -2.41. The molecule has 1 aromatic heterocycles. The standard InChI is InChI=1S/C16H17N3O4S/c1-9(20)17-15-18-11(7-24-15)14(21)19-16(2,3)10-4-5-12-13(6-10)23-8-22-12/h4-7H,8H2,1-3H3,(H,19,21)(H,17,18,20). The third kappa shape index (κ3) is 3.33. The molecule has 7 nitrogen and oxygen atoms in total. The third-order valence-corrected chi connectivity index (χ3v) is 4.30. The Morgan fingerprint density at radius 2 is 2.00 bits per heavy atom. The summed E-state index contributed by atoms with van der Waals surface area (Å²) in [5.41, 5.74) is 0.519. The van der Waals surface area contributed by atoms with Crippen molar-refractivity contribution in [2.75, 3.05) is 12.1 Å². The van der Waals surface area contributed by atoms with Gasteiger partial charge in [0.2, 0.25) is 12.7 Å². The molecule has 0 atom stereocenters. The number of hydrogen-bond donors (Lipinski definition) is 2. The fourth-order valence-electron chi connectivity index (χ4n) is 2.29. The van der Waals surface area contributed by atoms with Crippen molar-refractivity contribution in [1.29, 1.82) is 0 Å². The number of benzene rings is 1. The number of rotatable bonds is 4. The number of ether oxygens (including phenoxy) is 2. The van der Waals surface area contributed by atoms with Gasteiger partial charge in [0.25, 0.3) is 5.91 Å². The van der Waals surface area contributed by atoms with Crippen LogP contribution in [0.1, 0.15) is 36.8 Å². The molecule has 126 valence electrons. The molecule has 0 saturated heterocycles. The lowest BCUT2D eigenvalue weighted by Gasteiger charge is -2.26. The molecule has 24 heavy (non-hydrogen) atoms. The van der Waals surface area contributed by atoms with Crippen molar-refractivity contribution in [3.05, 3.63) is 34.8 Å². The fraction of sp³-hybridized carbons (Fsp3) is 0.312. The summed E-state index contributed by atoms with van der Waals surface area (Å²) in [4.78, 5) is 27.6. The summed E-state index contributed by atoms with van der Waals surface area (Å²) in [7, 11) is 0. The molecule has 1 aromatic carbocycles. The number of fused-ring (bicyclic) bond motifs is 1. The van der Waals surface area contributed by atoms with Crippen molar-refractivity contribution in [2.24, 2.45) is 0 Å². The molecule has 2 N–H and O–H groups in total. The van der Waals surface area contributed by atoms with Crippen LogP contribution in [0.4, 0.5) is 5.13 Å². The number of hydrogen-bond acceptors (Lipinski definition) is 6. The van der Waals surface area contributed by atoms with Crippen LogP contribution in [-0.4, -0.2) is 23.6 Å². The van der Waals surface area contributed by atoms with E-state index in [0.29, 0.717) is 16.6 Å². The van der Waals surface area contributed by atoms with E-state index in [4.69, 9.17) is 9.47 Å². The van der Waals surface area contributed by atoms with Crippen molar-refractivity contribution in [2.45, 2.75) is 26.3 Å². The van der Waals surface area contributed by atoms with Crippen LogP contribution >= 0.6 is 11.3 Å². The zero-order valence-corrected chi connectivity index (χ0v) is 14.3. The molecule has 0 unspecified atom stereocenters. The van der Waals surface area contributed by atoms with Crippen molar-refractivity contribution in [1.82, 2.24) is 10.3 Å². The molecule has 0 bridgehead atoms. The number of carbonyl (C=O) groups excluding carboxylic acids is 2. The molecule has 2 aromatic rings. The topological polar surface area (TPSA) is 89.6 Å². The Morgan fingerprint density at radius 1 is 1.25 bits per heavy atom. The Bertz CT molecular complexity index is 800. The van der Waals surface area contributed by atoms with Crippen LogP contribution in [0.15, 0.2) is 23.6 Å². The van der Waals surface area contributed by atoms with Crippen LogP contribution in [-0.2, 0) is 10.3 Å². The van der Waals surface area contributed by atoms with Gasteiger partial charge in [-0.1, -0.05) is 6.07 Å². The Morgan fingerprint density at radius 3 is 2.75 bits per heavy atom. The smallest absolute Gasteiger partial charge is 0.271 e. The van der Waals surface area contributed by atoms with Gasteiger partial charge in [0.05, 0.1) is 5.54 Å².